The normalized spacial score (nSPS) is 10.6. The molecule has 26 heavy (non-hydrogen) atoms. The first kappa shape index (κ1) is 19.8. The number of carbonyl (C=O) groups excluding carboxylic acids is 1. The van der Waals surface area contributed by atoms with Crippen LogP contribution in [0.25, 0.3) is 0 Å². The van der Waals surface area contributed by atoms with Gasteiger partial charge in [-0.25, -0.2) is 0 Å². The lowest BCUT2D eigenvalue weighted by Gasteiger charge is -2.12. The molecule has 140 valence electrons. The van der Waals surface area contributed by atoms with Crippen LogP contribution in [-0.2, 0) is 17.8 Å². The third-order valence-corrected chi connectivity index (χ3v) is 3.93. The van der Waals surface area contributed by atoms with Crippen molar-refractivity contribution in [3.05, 3.63) is 59.7 Å². The molecule has 5 heteroatoms. The molecule has 0 heterocycles. The SMILES string of the molecule is CCc1ccccc1OCC(=O)NCc1ccc(OCCN(C)C)cc1. The molecule has 0 saturated heterocycles. The fourth-order valence-electron chi connectivity index (χ4n) is 2.38. The van der Waals surface area contributed by atoms with Gasteiger partial charge in [0.2, 0.25) is 0 Å². The third-order valence-electron chi connectivity index (χ3n) is 3.93. The Labute approximate surface area is 155 Å². The fourth-order valence-corrected chi connectivity index (χ4v) is 2.38. The molecule has 0 spiro atoms. The van der Waals surface area contributed by atoms with Gasteiger partial charge >= 0.3 is 0 Å². The zero-order chi connectivity index (χ0) is 18.8. The minimum atomic E-state index is -0.137. The first-order valence-electron chi connectivity index (χ1n) is 8.92. The quantitative estimate of drug-likeness (QED) is 0.711. The van der Waals surface area contributed by atoms with E-state index < -0.39 is 0 Å². The number of hydrogen-bond donors (Lipinski definition) is 1. The molecular formula is C21H28N2O3. The molecular weight excluding hydrogens is 328 g/mol. The Hall–Kier alpha value is -2.53. The van der Waals surface area contributed by atoms with Crippen LogP contribution in [0, 0.1) is 0 Å². The molecule has 0 aromatic heterocycles. The van der Waals surface area contributed by atoms with Crippen LogP contribution < -0.4 is 14.8 Å². The van der Waals surface area contributed by atoms with Gasteiger partial charge in [0, 0.05) is 13.1 Å². The van der Waals surface area contributed by atoms with Crippen molar-refractivity contribution >= 4 is 5.91 Å². The maximum Gasteiger partial charge on any atom is 0.258 e. The summed E-state index contributed by atoms with van der Waals surface area (Å²) in [6, 6.07) is 15.5. The van der Waals surface area contributed by atoms with Gasteiger partial charge in [0.1, 0.15) is 18.1 Å². The number of aryl methyl sites for hydroxylation is 1. The second-order valence-corrected chi connectivity index (χ2v) is 6.32. The Kier molecular flexibility index (Phi) is 7.96. The number of nitrogens with zero attached hydrogens (tertiary/aromatic N) is 1. The van der Waals surface area contributed by atoms with Crippen molar-refractivity contribution < 1.29 is 14.3 Å². The van der Waals surface area contributed by atoms with Crippen LogP contribution in [0.2, 0.25) is 0 Å². The summed E-state index contributed by atoms with van der Waals surface area (Å²) >= 11 is 0. The number of ether oxygens (including phenoxy) is 2. The van der Waals surface area contributed by atoms with E-state index >= 15 is 0 Å². The molecule has 2 aromatic rings. The molecule has 1 amide bonds. The highest BCUT2D eigenvalue weighted by Gasteiger charge is 2.06. The molecule has 0 radical (unpaired) electrons. The van der Waals surface area contributed by atoms with E-state index in [1.807, 2.05) is 62.6 Å². The van der Waals surface area contributed by atoms with Crippen LogP contribution in [-0.4, -0.2) is 44.7 Å². The Morgan fingerprint density at radius 2 is 1.77 bits per heavy atom. The number of nitrogens with one attached hydrogen (secondary N) is 1. The van der Waals surface area contributed by atoms with Crippen LogP contribution in [0.3, 0.4) is 0 Å². The molecule has 0 bridgehead atoms. The van der Waals surface area contributed by atoms with Gasteiger partial charge in [0.25, 0.3) is 5.91 Å². The van der Waals surface area contributed by atoms with Gasteiger partial charge in [-0.2, -0.15) is 0 Å². The van der Waals surface area contributed by atoms with Crippen LogP contribution in [0.4, 0.5) is 0 Å². The predicted octanol–water partition coefficient (Wildman–Crippen LogP) is 2.88. The molecule has 2 aromatic carbocycles. The number of hydrogen-bond acceptors (Lipinski definition) is 4. The molecule has 0 unspecified atom stereocenters. The van der Waals surface area contributed by atoms with E-state index in [-0.39, 0.29) is 12.5 Å². The van der Waals surface area contributed by atoms with Gasteiger partial charge in [0.05, 0.1) is 0 Å². The summed E-state index contributed by atoms with van der Waals surface area (Å²) in [6.45, 7) is 4.08. The summed E-state index contributed by atoms with van der Waals surface area (Å²) in [4.78, 5) is 14.1. The zero-order valence-electron chi connectivity index (χ0n) is 15.8. The van der Waals surface area contributed by atoms with Gasteiger partial charge < -0.3 is 19.7 Å². The summed E-state index contributed by atoms with van der Waals surface area (Å²) in [7, 11) is 4.03. The van der Waals surface area contributed by atoms with Crippen molar-refractivity contribution in [2.24, 2.45) is 0 Å². The lowest BCUT2D eigenvalue weighted by molar-refractivity contribution is -0.123. The highest BCUT2D eigenvalue weighted by Crippen LogP contribution is 2.18. The summed E-state index contributed by atoms with van der Waals surface area (Å²) in [5.74, 6) is 1.47. The monoisotopic (exact) mass is 356 g/mol. The molecule has 0 aliphatic rings. The van der Waals surface area contributed by atoms with Crippen molar-refractivity contribution in [2.45, 2.75) is 19.9 Å². The smallest absolute Gasteiger partial charge is 0.258 e. The Morgan fingerprint density at radius 3 is 2.46 bits per heavy atom. The van der Waals surface area contributed by atoms with Crippen molar-refractivity contribution in [3.63, 3.8) is 0 Å². The highest BCUT2D eigenvalue weighted by atomic mass is 16.5. The average molecular weight is 356 g/mol. The van der Waals surface area contributed by atoms with Crippen molar-refractivity contribution in [2.75, 3.05) is 33.9 Å². The molecule has 2 rings (SSSR count). The van der Waals surface area contributed by atoms with Crippen molar-refractivity contribution in [1.82, 2.24) is 10.2 Å². The Bertz CT molecular complexity index is 684. The first-order valence-corrected chi connectivity index (χ1v) is 8.92. The van der Waals surface area contributed by atoms with Gasteiger partial charge in [-0.3, -0.25) is 4.79 Å². The number of para-hydroxylation sites is 1. The van der Waals surface area contributed by atoms with Gasteiger partial charge in [-0.1, -0.05) is 37.3 Å². The highest BCUT2D eigenvalue weighted by molar-refractivity contribution is 5.77. The van der Waals surface area contributed by atoms with E-state index in [1.54, 1.807) is 0 Å². The van der Waals surface area contributed by atoms with Crippen molar-refractivity contribution in [3.8, 4) is 11.5 Å². The number of likely N-dealkylation sites (N-methyl/N-ethyl adjacent to an activating group) is 1. The summed E-state index contributed by atoms with van der Waals surface area (Å²) in [5.41, 5.74) is 2.12. The van der Waals surface area contributed by atoms with Gasteiger partial charge in [-0.05, 0) is 49.8 Å². The van der Waals surface area contributed by atoms with Crippen LogP contribution in [0.15, 0.2) is 48.5 Å². The average Bonchev–Trinajstić information content (AvgIpc) is 2.65. The van der Waals surface area contributed by atoms with Crippen molar-refractivity contribution in [1.29, 1.82) is 0 Å². The van der Waals surface area contributed by atoms with Crippen LogP contribution in [0.5, 0.6) is 11.5 Å². The lowest BCUT2D eigenvalue weighted by atomic mass is 10.1. The zero-order valence-corrected chi connectivity index (χ0v) is 15.8. The minimum absolute atomic E-state index is 0.0166. The molecule has 5 nitrogen and oxygen atoms in total. The lowest BCUT2D eigenvalue weighted by Crippen LogP contribution is -2.28. The van der Waals surface area contributed by atoms with E-state index in [0.717, 1.165) is 35.6 Å². The van der Waals surface area contributed by atoms with E-state index in [4.69, 9.17) is 9.47 Å². The second-order valence-electron chi connectivity index (χ2n) is 6.32. The summed E-state index contributed by atoms with van der Waals surface area (Å²) < 4.78 is 11.3. The number of carbonyl (C=O) groups is 1. The second kappa shape index (κ2) is 10.5. The summed E-state index contributed by atoms with van der Waals surface area (Å²) in [5, 5.41) is 2.87. The maximum atomic E-state index is 12.0. The maximum absolute atomic E-state index is 12.0. The van der Waals surface area contributed by atoms with Gasteiger partial charge in [0.15, 0.2) is 6.61 Å². The largest absolute Gasteiger partial charge is 0.492 e. The third kappa shape index (κ3) is 6.76. The molecule has 0 aliphatic carbocycles. The molecule has 0 aliphatic heterocycles. The fraction of sp³-hybridized carbons (Fsp3) is 0.381. The number of amides is 1. The summed E-state index contributed by atoms with van der Waals surface area (Å²) in [6.07, 6.45) is 0.876. The topological polar surface area (TPSA) is 50.8 Å². The molecule has 0 fully saturated rings. The van der Waals surface area contributed by atoms with Gasteiger partial charge in [-0.15, -0.1) is 0 Å². The molecule has 0 atom stereocenters. The first-order chi connectivity index (χ1) is 12.6. The standard InChI is InChI=1S/C21H28N2O3/c1-4-18-7-5-6-8-20(18)26-16-21(24)22-15-17-9-11-19(12-10-17)25-14-13-23(2)3/h5-12H,4,13-16H2,1-3H3,(H,22,24). The Morgan fingerprint density at radius 1 is 1.04 bits per heavy atom. The molecule has 0 saturated carbocycles. The Balaban J connectivity index is 1.73. The van der Waals surface area contributed by atoms with E-state index in [0.29, 0.717) is 13.2 Å². The predicted molar refractivity (Wildman–Crippen MR) is 104 cm³/mol. The van der Waals surface area contributed by atoms with E-state index in [9.17, 15) is 4.79 Å². The minimum Gasteiger partial charge on any atom is -0.492 e. The van der Waals surface area contributed by atoms with E-state index in [1.165, 1.54) is 0 Å². The van der Waals surface area contributed by atoms with Crippen LogP contribution >= 0.6 is 0 Å². The van der Waals surface area contributed by atoms with Crippen LogP contribution in [0.1, 0.15) is 18.1 Å². The number of benzene rings is 2. The van der Waals surface area contributed by atoms with E-state index in [2.05, 4.69) is 17.1 Å². The molecule has 1 N–H and O–H groups in total. The number of rotatable bonds is 10.